The SMILES string of the molecule is CCN(CCCN1CCCCC1)c1cc(C)nc(Nc2cc(Br)ccc2C)n1. The zero-order valence-corrected chi connectivity index (χ0v) is 18.9. The summed E-state index contributed by atoms with van der Waals surface area (Å²) < 4.78 is 1.04. The molecule has 1 fully saturated rings. The largest absolute Gasteiger partial charge is 0.357 e. The lowest BCUT2D eigenvalue weighted by molar-refractivity contribution is 0.227. The van der Waals surface area contributed by atoms with Crippen LogP contribution in [0.3, 0.4) is 0 Å². The number of piperidine rings is 1. The number of nitrogens with one attached hydrogen (secondary N) is 1. The summed E-state index contributed by atoms with van der Waals surface area (Å²) in [4.78, 5) is 14.4. The fraction of sp³-hybridized carbons (Fsp3) is 0.545. The number of hydrogen-bond acceptors (Lipinski definition) is 5. The van der Waals surface area contributed by atoms with E-state index in [1.807, 2.05) is 13.0 Å². The van der Waals surface area contributed by atoms with Crippen molar-refractivity contribution in [1.29, 1.82) is 0 Å². The Labute approximate surface area is 177 Å². The first-order valence-electron chi connectivity index (χ1n) is 10.4. The fourth-order valence-electron chi connectivity index (χ4n) is 3.72. The Morgan fingerprint density at radius 1 is 1.11 bits per heavy atom. The van der Waals surface area contributed by atoms with Crippen LogP contribution < -0.4 is 10.2 Å². The molecule has 0 saturated carbocycles. The van der Waals surface area contributed by atoms with Crippen molar-refractivity contribution in [2.45, 2.75) is 46.5 Å². The Morgan fingerprint density at radius 3 is 2.64 bits per heavy atom. The molecule has 0 radical (unpaired) electrons. The number of rotatable bonds is 8. The minimum atomic E-state index is 0.658. The van der Waals surface area contributed by atoms with Gasteiger partial charge in [0, 0.05) is 35.0 Å². The molecule has 1 aliphatic rings. The van der Waals surface area contributed by atoms with Crippen molar-refractivity contribution < 1.29 is 0 Å². The van der Waals surface area contributed by atoms with E-state index in [1.165, 1.54) is 50.9 Å². The number of aryl methyl sites for hydroxylation is 2. The quantitative estimate of drug-likeness (QED) is 0.596. The molecule has 3 rings (SSSR count). The van der Waals surface area contributed by atoms with Crippen LogP contribution in [-0.4, -0.2) is 47.6 Å². The molecular weight excluding hydrogens is 414 g/mol. The van der Waals surface area contributed by atoms with E-state index in [2.05, 4.69) is 68.1 Å². The van der Waals surface area contributed by atoms with Gasteiger partial charge >= 0.3 is 0 Å². The summed E-state index contributed by atoms with van der Waals surface area (Å²) in [6.45, 7) is 12.0. The highest BCUT2D eigenvalue weighted by Crippen LogP contribution is 2.24. The maximum Gasteiger partial charge on any atom is 0.229 e. The van der Waals surface area contributed by atoms with Crippen LogP contribution in [0.5, 0.6) is 0 Å². The lowest BCUT2D eigenvalue weighted by Crippen LogP contribution is -2.33. The highest BCUT2D eigenvalue weighted by atomic mass is 79.9. The number of nitrogens with zero attached hydrogens (tertiary/aromatic N) is 4. The molecule has 1 aromatic heterocycles. The number of aromatic nitrogens is 2. The van der Waals surface area contributed by atoms with Crippen molar-refractivity contribution in [3.05, 3.63) is 40.0 Å². The average Bonchev–Trinajstić information content (AvgIpc) is 2.68. The van der Waals surface area contributed by atoms with Crippen LogP contribution in [0, 0.1) is 13.8 Å². The first-order chi connectivity index (χ1) is 13.5. The van der Waals surface area contributed by atoms with Gasteiger partial charge in [0.25, 0.3) is 0 Å². The van der Waals surface area contributed by atoms with E-state index in [-0.39, 0.29) is 0 Å². The van der Waals surface area contributed by atoms with Gasteiger partial charge in [-0.15, -0.1) is 0 Å². The Morgan fingerprint density at radius 2 is 1.89 bits per heavy atom. The molecule has 1 aromatic carbocycles. The molecule has 1 N–H and O–H groups in total. The van der Waals surface area contributed by atoms with Gasteiger partial charge in [-0.3, -0.25) is 0 Å². The van der Waals surface area contributed by atoms with Crippen molar-refractivity contribution in [2.24, 2.45) is 0 Å². The van der Waals surface area contributed by atoms with Crippen LogP contribution in [0.15, 0.2) is 28.7 Å². The third-order valence-corrected chi connectivity index (χ3v) is 5.84. The van der Waals surface area contributed by atoms with E-state index in [9.17, 15) is 0 Å². The van der Waals surface area contributed by atoms with Crippen molar-refractivity contribution in [2.75, 3.05) is 42.9 Å². The predicted molar refractivity (Wildman–Crippen MR) is 122 cm³/mol. The van der Waals surface area contributed by atoms with Crippen molar-refractivity contribution in [3.63, 3.8) is 0 Å². The molecule has 0 amide bonds. The molecule has 28 heavy (non-hydrogen) atoms. The van der Waals surface area contributed by atoms with Crippen LogP contribution in [0.2, 0.25) is 0 Å². The predicted octanol–water partition coefficient (Wildman–Crippen LogP) is 5.30. The second-order valence-electron chi connectivity index (χ2n) is 7.61. The molecule has 0 aliphatic carbocycles. The van der Waals surface area contributed by atoms with Crippen LogP contribution in [0.25, 0.3) is 0 Å². The van der Waals surface area contributed by atoms with Gasteiger partial charge in [-0.1, -0.05) is 28.4 Å². The molecule has 2 heterocycles. The number of anilines is 3. The van der Waals surface area contributed by atoms with E-state index in [1.54, 1.807) is 0 Å². The first kappa shape index (κ1) is 21.1. The number of benzene rings is 1. The van der Waals surface area contributed by atoms with Gasteiger partial charge in [0.1, 0.15) is 5.82 Å². The summed E-state index contributed by atoms with van der Waals surface area (Å²) in [5.41, 5.74) is 3.18. The number of halogens is 1. The van der Waals surface area contributed by atoms with Crippen LogP contribution in [-0.2, 0) is 0 Å². The van der Waals surface area contributed by atoms with Gasteiger partial charge in [-0.2, -0.15) is 4.98 Å². The van der Waals surface area contributed by atoms with Gasteiger partial charge in [0.15, 0.2) is 0 Å². The Kier molecular flexibility index (Phi) is 7.68. The maximum atomic E-state index is 4.81. The molecule has 152 valence electrons. The summed E-state index contributed by atoms with van der Waals surface area (Å²) in [5, 5.41) is 3.39. The van der Waals surface area contributed by atoms with E-state index < -0.39 is 0 Å². The highest BCUT2D eigenvalue weighted by Gasteiger charge is 2.13. The summed E-state index contributed by atoms with van der Waals surface area (Å²) >= 11 is 3.54. The third-order valence-electron chi connectivity index (χ3n) is 5.34. The van der Waals surface area contributed by atoms with E-state index in [0.717, 1.165) is 34.8 Å². The van der Waals surface area contributed by atoms with Crippen molar-refractivity contribution in [1.82, 2.24) is 14.9 Å². The first-order valence-corrected chi connectivity index (χ1v) is 11.2. The smallest absolute Gasteiger partial charge is 0.229 e. The highest BCUT2D eigenvalue weighted by molar-refractivity contribution is 9.10. The topological polar surface area (TPSA) is 44.3 Å². The summed E-state index contributed by atoms with van der Waals surface area (Å²) in [6.07, 6.45) is 5.27. The van der Waals surface area contributed by atoms with Gasteiger partial charge in [-0.05, 0) is 77.4 Å². The van der Waals surface area contributed by atoms with Crippen LogP contribution in [0.4, 0.5) is 17.5 Å². The Bertz CT molecular complexity index is 774. The monoisotopic (exact) mass is 445 g/mol. The Balaban J connectivity index is 1.67. The van der Waals surface area contributed by atoms with Gasteiger partial charge in [0.2, 0.25) is 5.95 Å². The molecule has 2 aromatic rings. The number of likely N-dealkylation sites (tertiary alicyclic amines) is 1. The molecule has 6 heteroatoms. The minimum Gasteiger partial charge on any atom is -0.357 e. The van der Waals surface area contributed by atoms with Crippen molar-refractivity contribution in [3.8, 4) is 0 Å². The minimum absolute atomic E-state index is 0.658. The lowest BCUT2D eigenvalue weighted by Gasteiger charge is -2.28. The van der Waals surface area contributed by atoms with Crippen LogP contribution >= 0.6 is 15.9 Å². The standard InChI is InChI=1S/C22H32BrN5/c1-4-28(14-8-13-27-11-6-5-7-12-27)21-15-18(3)24-22(26-21)25-20-16-19(23)10-9-17(20)2/h9-10,15-16H,4-8,11-14H2,1-3H3,(H,24,25,26). The van der Waals surface area contributed by atoms with Gasteiger partial charge < -0.3 is 15.1 Å². The zero-order valence-electron chi connectivity index (χ0n) is 17.3. The van der Waals surface area contributed by atoms with Crippen molar-refractivity contribution >= 4 is 33.4 Å². The Hall–Kier alpha value is -1.66. The molecule has 0 spiro atoms. The van der Waals surface area contributed by atoms with E-state index in [0.29, 0.717) is 5.95 Å². The zero-order chi connectivity index (χ0) is 19.9. The maximum absolute atomic E-state index is 4.81. The van der Waals surface area contributed by atoms with Gasteiger partial charge in [0.05, 0.1) is 0 Å². The normalized spacial score (nSPS) is 14.9. The molecule has 0 atom stereocenters. The fourth-order valence-corrected chi connectivity index (χ4v) is 4.08. The average molecular weight is 446 g/mol. The molecular formula is C22H32BrN5. The molecule has 1 saturated heterocycles. The second kappa shape index (κ2) is 10.2. The summed E-state index contributed by atoms with van der Waals surface area (Å²) in [6, 6.07) is 8.28. The summed E-state index contributed by atoms with van der Waals surface area (Å²) in [5.74, 6) is 1.66. The lowest BCUT2D eigenvalue weighted by atomic mass is 10.1. The molecule has 1 aliphatic heterocycles. The van der Waals surface area contributed by atoms with E-state index in [4.69, 9.17) is 4.98 Å². The third kappa shape index (κ3) is 5.92. The van der Waals surface area contributed by atoms with Crippen LogP contribution in [0.1, 0.15) is 43.9 Å². The molecule has 0 unspecified atom stereocenters. The molecule has 0 bridgehead atoms. The number of hydrogen-bond donors (Lipinski definition) is 1. The van der Waals surface area contributed by atoms with Gasteiger partial charge in [-0.25, -0.2) is 4.98 Å². The van der Waals surface area contributed by atoms with E-state index >= 15 is 0 Å². The second-order valence-corrected chi connectivity index (χ2v) is 8.53. The molecule has 5 nitrogen and oxygen atoms in total. The summed E-state index contributed by atoms with van der Waals surface area (Å²) in [7, 11) is 0.